The summed E-state index contributed by atoms with van der Waals surface area (Å²) in [6.07, 6.45) is 6.64. The third kappa shape index (κ3) is 4.47. The molecule has 0 saturated carbocycles. The first-order valence-electron chi connectivity index (χ1n) is 17.2. The molecule has 9 aromatic rings. The zero-order valence-corrected chi connectivity index (χ0v) is 27.0. The van der Waals surface area contributed by atoms with E-state index in [1.54, 1.807) is 0 Å². The molecule has 1 heteroatoms. The van der Waals surface area contributed by atoms with E-state index in [1.807, 2.05) is 0 Å². The Kier molecular flexibility index (Phi) is 6.38. The van der Waals surface area contributed by atoms with Crippen LogP contribution in [0, 0.1) is 0 Å². The van der Waals surface area contributed by atoms with Crippen LogP contribution < -0.4 is 0 Å². The first kappa shape index (κ1) is 27.9. The highest BCUT2D eigenvalue weighted by molar-refractivity contribution is 6.26. The van der Waals surface area contributed by atoms with Crippen molar-refractivity contribution in [1.82, 2.24) is 0 Å². The molecule has 0 amide bonds. The van der Waals surface area contributed by atoms with Gasteiger partial charge in [-0.05, 0) is 114 Å². The second kappa shape index (κ2) is 11.2. The summed E-state index contributed by atoms with van der Waals surface area (Å²) in [4.78, 5) is 0. The van der Waals surface area contributed by atoms with Gasteiger partial charge in [0.2, 0.25) is 0 Å². The monoisotopic (exact) mass is 624 g/mol. The number of hydrogen-bond acceptors (Lipinski definition) is 1. The topological polar surface area (TPSA) is 13.1 Å². The quantitative estimate of drug-likeness (QED) is 0.178. The molecule has 1 nitrogen and oxygen atoms in total. The van der Waals surface area contributed by atoms with Crippen LogP contribution in [0.4, 0.5) is 0 Å². The van der Waals surface area contributed by atoms with E-state index >= 15 is 0 Å². The van der Waals surface area contributed by atoms with Crippen molar-refractivity contribution in [3.05, 3.63) is 175 Å². The van der Waals surface area contributed by atoms with Crippen LogP contribution in [-0.4, -0.2) is 0 Å². The van der Waals surface area contributed by atoms with Crippen LogP contribution in [-0.2, 0) is 6.42 Å². The number of rotatable bonds is 4. The predicted molar refractivity (Wildman–Crippen MR) is 208 cm³/mol. The van der Waals surface area contributed by atoms with Gasteiger partial charge in [0.25, 0.3) is 0 Å². The normalized spacial score (nSPS) is 12.7. The van der Waals surface area contributed by atoms with Crippen molar-refractivity contribution in [3.63, 3.8) is 0 Å². The fraction of sp³-hybridized carbons (Fsp3) is 0.0417. The van der Waals surface area contributed by atoms with Gasteiger partial charge in [-0.3, -0.25) is 0 Å². The molecule has 0 saturated heterocycles. The molecule has 8 aromatic carbocycles. The number of benzene rings is 8. The van der Waals surface area contributed by atoms with E-state index in [9.17, 15) is 0 Å². The zero-order chi connectivity index (χ0) is 32.3. The van der Waals surface area contributed by atoms with Gasteiger partial charge in [0.15, 0.2) is 0 Å². The summed E-state index contributed by atoms with van der Waals surface area (Å²) >= 11 is 0. The van der Waals surface area contributed by atoms with Crippen molar-refractivity contribution in [2.45, 2.75) is 12.8 Å². The average molecular weight is 625 g/mol. The van der Waals surface area contributed by atoms with Crippen molar-refractivity contribution in [2.75, 3.05) is 0 Å². The number of fused-ring (bicyclic) bond motifs is 6. The molecule has 0 aliphatic heterocycles. The molecule has 0 N–H and O–H groups in total. The number of allylic oxidation sites excluding steroid dienone is 1. The fourth-order valence-electron chi connectivity index (χ4n) is 8.10. The van der Waals surface area contributed by atoms with E-state index in [4.69, 9.17) is 4.42 Å². The molecule has 0 radical (unpaired) electrons. The van der Waals surface area contributed by atoms with Crippen LogP contribution in [0.2, 0.25) is 0 Å². The lowest BCUT2D eigenvalue weighted by molar-refractivity contribution is 0.668. The van der Waals surface area contributed by atoms with Gasteiger partial charge in [-0.15, -0.1) is 0 Å². The first-order chi connectivity index (χ1) is 24.3. The van der Waals surface area contributed by atoms with Crippen molar-refractivity contribution in [1.29, 1.82) is 0 Å². The second-order valence-electron chi connectivity index (χ2n) is 13.1. The predicted octanol–water partition coefficient (Wildman–Crippen LogP) is 13.5. The van der Waals surface area contributed by atoms with E-state index in [2.05, 4.69) is 170 Å². The van der Waals surface area contributed by atoms with Crippen molar-refractivity contribution in [2.24, 2.45) is 0 Å². The van der Waals surface area contributed by atoms with Gasteiger partial charge in [-0.25, -0.2) is 0 Å². The summed E-state index contributed by atoms with van der Waals surface area (Å²) in [5, 5.41) is 7.34. The maximum atomic E-state index is 6.58. The SMILES string of the molecule is C1=Cc2cc3oc4cccc(-c5c6ccccc6c(-c6cc(-c7ccccc7)ccc6-c6ccccc6)c6ccccc56)c4c3cc2CC1. The molecule has 0 fully saturated rings. The van der Waals surface area contributed by atoms with Crippen molar-refractivity contribution < 1.29 is 4.42 Å². The molecule has 10 rings (SSSR count). The van der Waals surface area contributed by atoms with E-state index in [0.717, 1.165) is 24.0 Å². The zero-order valence-electron chi connectivity index (χ0n) is 27.0. The average Bonchev–Trinajstić information content (AvgIpc) is 3.54. The fourth-order valence-corrected chi connectivity index (χ4v) is 8.10. The van der Waals surface area contributed by atoms with Crippen LogP contribution in [0.3, 0.4) is 0 Å². The molecule has 1 heterocycles. The minimum absolute atomic E-state index is 0.929. The van der Waals surface area contributed by atoms with Gasteiger partial charge in [0, 0.05) is 10.8 Å². The van der Waals surface area contributed by atoms with Gasteiger partial charge in [-0.1, -0.05) is 146 Å². The number of hydrogen-bond donors (Lipinski definition) is 0. The molecule has 1 aliphatic carbocycles. The van der Waals surface area contributed by atoms with Crippen molar-refractivity contribution in [3.8, 4) is 44.5 Å². The van der Waals surface area contributed by atoms with E-state index in [1.165, 1.54) is 88.0 Å². The van der Waals surface area contributed by atoms with Crippen molar-refractivity contribution >= 4 is 49.6 Å². The first-order valence-corrected chi connectivity index (χ1v) is 17.2. The van der Waals surface area contributed by atoms with E-state index in [-0.39, 0.29) is 0 Å². The maximum Gasteiger partial charge on any atom is 0.136 e. The smallest absolute Gasteiger partial charge is 0.136 e. The number of aryl methyl sites for hydroxylation is 1. The molecule has 0 unspecified atom stereocenters. The molecule has 1 aliphatic rings. The molecular weight excluding hydrogens is 593 g/mol. The Labute approximate surface area is 285 Å². The molecule has 230 valence electrons. The lowest BCUT2D eigenvalue weighted by Gasteiger charge is -2.21. The molecule has 0 spiro atoms. The largest absolute Gasteiger partial charge is 0.456 e. The Morgan fingerprint density at radius 3 is 1.73 bits per heavy atom. The Balaban J connectivity index is 1.32. The van der Waals surface area contributed by atoms with Gasteiger partial charge in [0.05, 0.1) is 0 Å². The molecule has 49 heavy (non-hydrogen) atoms. The molecule has 1 aromatic heterocycles. The third-order valence-electron chi connectivity index (χ3n) is 10.3. The summed E-state index contributed by atoms with van der Waals surface area (Å²) in [5.41, 5.74) is 14.4. The summed E-state index contributed by atoms with van der Waals surface area (Å²) in [5.74, 6) is 0. The Morgan fingerprint density at radius 1 is 0.408 bits per heavy atom. The second-order valence-corrected chi connectivity index (χ2v) is 13.1. The van der Waals surface area contributed by atoms with Crippen LogP contribution in [0.5, 0.6) is 0 Å². The lowest BCUT2D eigenvalue weighted by atomic mass is 9.82. The highest BCUT2D eigenvalue weighted by Crippen LogP contribution is 2.49. The Bertz CT molecular complexity index is 2690. The molecule has 0 atom stereocenters. The van der Waals surface area contributed by atoms with Crippen LogP contribution in [0.1, 0.15) is 17.5 Å². The minimum atomic E-state index is 0.929. The highest BCUT2D eigenvalue weighted by atomic mass is 16.3. The summed E-state index contributed by atoms with van der Waals surface area (Å²) in [6.45, 7) is 0. The third-order valence-corrected chi connectivity index (χ3v) is 10.3. The van der Waals surface area contributed by atoms with E-state index < -0.39 is 0 Å². The molecular formula is C48H32O. The highest BCUT2D eigenvalue weighted by Gasteiger charge is 2.22. The van der Waals surface area contributed by atoms with Crippen LogP contribution in [0.15, 0.2) is 168 Å². The van der Waals surface area contributed by atoms with Gasteiger partial charge >= 0.3 is 0 Å². The van der Waals surface area contributed by atoms with Crippen LogP contribution in [0.25, 0.3) is 94.1 Å². The van der Waals surface area contributed by atoms with Gasteiger partial charge in [-0.2, -0.15) is 0 Å². The minimum Gasteiger partial charge on any atom is -0.456 e. The van der Waals surface area contributed by atoms with Gasteiger partial charge < -0.3 is 4.42 Å². The maximum absolute atomic E-state index is 6.58. The van der Waals surface area contributed by atoms with Gasteiger partial charge in [0.1, 0.15) is 11.2 Å². The number of furan rings is 1. The molecule has 0 bridgehead atoms. The summed E-state index contributed by atoms with van der Waals surface area (Å²) in [7, 11) is 0. The summed E-state index contributed by atoms with van der Waals surface area (Å²) in [6, 6.07) is 57.6. The standard InChI is InChI=1S/C48H32O/c1-3-14-31(15-4-1)35-26-27-36(32-16-5-2-6-17-32)42(28-35)47-39-22-11-9-20-37(39)46(38-21-10-12-23-40(38)47)41-24-13-25-44-48(41)43-29-33-18-7-8-19-34(33)30-45(43)49-44/h1-6,8-17,19-30H,7,18H2. The Hall–Kier alpha value is -6.18. The summed E-state index contributed by atoms with van der Waals surface area (Å²) < 4.78 is 6.58. The van der Waals surface area contributed by atoms with Crippen LogP contribution >= 0.6 is 0 Å². The lowest BCUT2D eigenvalue weighted by Crippen LogP contribution is -1.94. The van der Waals surface area contributed by atoms with E-state index in [0.29, 0.717) is 0 Å². The Morgan fingerprint density at radius 2 is 1.04 bits per heavy atom.